The van der Waals surface area contributed by atoms with Crippen molar-refractivity contribution in [1.82, 2.24) is 28.5 Å². The molecule has 0 saturated carbocycles. The third-order valence-corrected chi connectivity index (χ3v) is 3.58. The minimum Gasteiger partial charge on any atom is -0.343 e. The van der Waals surface area contributed by atoms with Gasteiger partial charge in [0, 0.05) is 12.4 Å². The number of nitrogens with one attached hydrogen (secondary N) is 3. The van der Waals surface area contributed by atoms with Gasteiger partial charge in [0.1, 0.15) is 17.0 Å². The van der Waals surface area contributed by atoms with Crippen LogP contribution in [0.3, 0.4) is 0 Å². The Hall–Kier alpha value is -1.88. The quantitative estimate of drug-likeness (QED) is 0.346. The van der Waals surface area contributed by atoms with Crippen LogP contribution in [0.4, 0.5) is 5.82 Å². The van der Waals surface area contributed by atoms with Gasteiger partial charge >= 0.3 is 0 Å². The molecule has 3 rings (SSSR count). The van der Waals surface area contributed by atoms with Crippen molar-refractivity contribution in [3.05, 3.63) is 30.7 Å². The standard InChI is InChI=1S/C11H8IN7S/c12-19-11(20)18-8-2-1-6-10(17-8)16-7(5-15-6)9-13-3-4-14-9/h1-5H,(H,13,14)(H2,16,17,18,19,20). The van der Waals surface area contributed by atoms with Crippen LogP contribution >= 0.6 is 35.1 Å². The highest BCUT2D eigenvalue weighted by Crippen LogP contribution is 2.16. The maximum atomic E-state index is 5.03. The lowest BCUT2D eigenvalue weighted by Gasteiger charge is -2.06. The van der Waals surface area contributed by atoms with Crippen LogP contribution in [0, 0.1) is 0 Å². The van der Waals surface area contributed by atoms with Crippen molar-refractivity contribution in [3.8, 4) is 11.5 Å². The van der Waals surface area contributed by atoms with Crippen molar-refractivity contribution in [2.45, 2.75) is 0 Å². The smallest absolute Gasteiger partial charge is 0.180 e. The summed E-state index contributed by atoms with van der Waals surface area (Å²) >= 11 is 6.98. The van der Waals surface area contributed by atoms with Gasteiger partial charge in [-0.25, -0.2) is 15.0 Å². The number of fused-ring (bicyclic) bond motifs is 1. The van der Waals surface area contributed by atoms with E-state index in [9.17, 15) is 0 Å². The zero-order valence-electron chi connectivity index (χ0n) is 9.96. The molecule has 7 nitrogen and oxygen atoms in total. The highest BCUT2D eigenvalue weighted by molar-refractivity contribution is 14.1. The molecule has 0 aliphatic rings. The summed E-state index contributed by atoms with van der Waals surface area (Å²) in [6.45, 7) is 0. The van der Waals surface area contributed by atoms with E-state index in [0.29, 0.717) is 33.6 Å². The molecule has 0 bridgehead atoms. The van der Waals surface area contributed by atoms with E-state index >= 15 is 0 Å². The first kappa shape index (κ1) is 13.1. The van der Waals surface area contributed by atoms with Crippen molar-refractivity contribution >= 4 is 57.2 Å². The largest absolute Gasteiger partial charge is 0.343 e. The molecule has 0 saturated heterocycles. The Balaban J connectivity index is 2.01. The maximum Gasteiger partial charge on any atom is 0.180 e. The molecule has 0 unspecified atom stereocenters. The Morgan fingerprint density at radius 3 is 2.90 bits per heavy atom. The van der Waals surface area contributed by atoms with Gasteiger partial charge in [0.15, 0.2) is 16.6 Å². The van der Waals surface area contributed by atoms with Gasteiger partial charge in [0.05, 0.1) is 29.1 Å². The summed E-state index contributed by atoms with van der Waals surface area (Å²) in [6.07, 6.45) is 5.06. The minimum absolute atomic E-state index is 0.479. The number of aromatic amines is 1. The molecule has 20 heavy (non-hydrogen) atoms. The van der Waals surface area contributed by atoms with Crippen LogP contribution in [0.15, 0.2) is 30.7 Å². The Bertz CT molecular complexity index is 759. The van der Waals surface area contributed by atoms with Crippen LogP contribution in [0.2, 0.25) is 0 Å². The molecule has 3 N–H and O–H groups in total. The fraction of sp³-hybridized carbons (Fsp3) is 0. The average Bonchev–Trinajstić information content (AvgIpc) is 3.00. The number of thiocarbonyl (C=S) groups is 1. The molecule has 0 fully saturated rings. The summed E-state index contributed by atoms with van der Waals surface area (Å²) in [7, 11) is 0. The molecule has 0 aliphatic carbocycles. The molecule has 3 aromatic rings. The second-order valence-electron chi connectivity index (χ2n) is 3.78. The number of nitrogens with zero attached hydrogens (tertiary/aromatic N) is 4. The molecule has 0 amide bonds. The second kappa shape index (κ2) is 5.63. The van der Waals surface area contributed by atoms with Gasteiger partial charge in [-0.05, 0) is 24.4 Å². The Morgan fingerprint density at radius 1 is 1.25 bits per heavy atom. The van der Waals surface area contributed by atoms with Gasteiger partial charge in [-0.1, -0.05) is 0 Å². The van der Waals surface area contributed by atoms with Gasteiger partial charge in [-0.2, -0.15) is 0 Å². The van der Waals surface area contributed by atoms with E-state index in [1.54, 1.807) is 24.7 Å². The van der Waals surface area contributed by atoms with E-state index in [2.05, 4.69) is 33.8 Å². The van der Waals surface area contributed by atoms with Gasteiger partial charge in [0.2, 0.25) is 0 Å². The average molecular weight is 397 g/mol. The Morgan fingerprint density at radius 2 is 2.15 bits per heavy atom. The number of hydrogen-bond donors (Lipinski definition) is 3. The molecule has 0 radical (unpaired) electrons. The molecule has 3 heterocycles. The summed E-state index contributed by atoms with van der Waals surface area (Å²) in [4.78, 5) is 20.3. The minimum atomic E-state index is 0.479. The first-order chi connectivity index (χ1) is 9.76. The molecule has 3 aromatic heterocycles. The van der Waals surface area contributed by atoms with Crippen LogP contribution in [-0.4, -0.2) is 30.0 Å². The number of rotatable bonds is 2. The lowest BCUT2D eigenvalue weighted by molar-refractivity contribution is 1.18. The zero-order valence-corrected chi connectivity index (χ0v) is 12.9. The SMILES string of the molecule is S=C(NI)Nc1ccc2ncc(-c3ncc[nH]3)nc2n1. The maximum absolute atomic E-state index is 5.03. The fourth-order valence-electron chi connectivity index (χ4n) is 1.63. The van der Waals surface area contributed by atoms with Crippen LogP contribution in [0.5, 0.6) is 0 Å². The first-order valence-corrected chi connectivity index (χ1v) is 7.06. The summed E-state index contributed by atoms with van der Waals surface area (Å²) in [6, 6.07) is 3.63. The third-order valence-electron chi connectivity index (χ3n) is 2.48. The highest BCUT2D eigenvalue weighted by atomic mass is 127. The molecular formula is C11H8IN7S. The number of anilines is 1. The van der Waals surface area contributed by atoms with Crippen LogP contribution < -0.4 is 8.85 Å². The molecule has 9 heteroatoms. The van der Waals surface area contributed by atoms with Gasteiger partial charge in [-0.15, -0.1) is 0 Å². The summed E-state index contributed by atoms with van der Waals surface area (Å²) in [5.74, 6) is 1.27. The second-order valence-corrected chi connectivity index (χ2v) is 4.73. The van der Waals surface area contributed by atoms with Crippen molar-refractivity contribution in [2.24, 2.45) is 0 Å². The third kappa shape index (κ3) is 2.67. The number of hydrogen-bond acceptors (Lipinski definition) is 5. The van der Waals surface area contributed by atoms with E-state index in [1.807, 2.05) is 28.9 Å². The predicted octanol–water partition coefficient (Wildman–Crippen LogP) is 2.05. The van der Waals surface area contributed by atoms with E-state index in [4.69, 9.17) is 12.2 Å². The summed E-state index contributed by atoms with van der Waals surface area (Å²) in [5, 5.41) is 3.43. The lowest BCUT2D eigenvalue weighted by Crippen LogP contribution is -2.20. The molecular weight excluding hydrogens is 389 g/mol. The summed E-state index contributed by atoms with van der Waals surface area (Å²) < 4.78 is 2.79. The van der Waals surface area contributed by atoms with Crippen molar-refractivity contribution < 1.29 is 0 Å². The van der Waals surface area contributed by atoms with Crippen LogP contribution in [0.25, 0.3) is 22.7 Å². The van der Waals surface area contributed by atoms with E-state index in [0.717, 1.165) is 0 Å². The van der Waals surface area contributed by atoms with Crippen molar-refractivity contribution in [3.63, 3.8) is 0 Å². The number of imidazole rings is 1. The molecule has 0 spiro atoms. The topological polar surface area (TPSA) is 91.4 Å². The van der Waals surface area contributed by atoms with Crippen LogP contribution in [0.1, 0.15) is 0 Å². The number of H-pyrrole nitrogens is 1. The number of halogens is 1. The van der Waals surface area contributed by atoms with Gasteiger partial charge < -0.3 is 13.8 Å². The zero-order chi connectivity index (χ0) is 13.9. The molecule has 0 aromatic carbocycles. The highest BCUT2D eigenvalue weighted by Gasteiger charge is 2.06. The van der Waals surface area contributed by atoms with E-state index in [1.165, 1.54) is 0 Å². The monoisotopic (exact) mass is 397 g/mol. The number of pyridine rings is 1. The van der Waals surface area contributed by atoms with Crippen LogP contribution in [-0.2, 0) is 0 Å². The van der Waals surface area contributed by atoms with E-state index < -0.39 is 0 Å². The van der Waals surface area contributed by atoms with E-state index in [-0.39, 0.29) is 0 Å². The molecule has 100 valence electrons. The fourth-order valence-corrected chi connectivity index (χ4v) is 1.87. The van der Waals surface area contributed by atoms with Gasteiger partial charge in [-0.3, -0.25) is 4.98 Å². The van der Waals surface area contributed by atoms with Crippen molar-refractivity contribution in [2.75, 3.05) is 5.32 Å². The number of aromatic nitrogens is 5. The predicted molar refractivity (Wildman–Crippen MR) is 88.3 cm³/mol. The molecule has 0 aliphatic heterocycles. The summed E-state index contributed by atoms with van der Waals surface area (Å²) in [5.41, 5.74) is 1.88. The Labute approximate surface area is 133 Å². The Kier molecular flexibility index (Phi) is 3.69. The lowest BCUT2D eigenvalue weighted by atomic mass is 10.3. The molecule has 0 atom stereocenters. The normalized spacial score (nSPS) is 10.4. The van der Waals surface area contributed by atoms with Gasteiger partial charge in [0.25, 0.3) is 0 Å². The first-order valence-electron chi connectivity index (χ1n) is 5.57. The van der Waals surface area contributed by atoms with Crippen molar-refractivity contribution in [1.29, 1.82) is 0 Å².